The number of hydrogen-bond acceptors (Lipinski definition) is 8. The molecule has 0 spiro atoms. The first-order chi connectivity index (χ1) is 24.5. The van der Waals surface area contributed by atoms with E-state index in [1.165, 1.54) is 108 Å². The average molecular weight is 721 g/mol. The maximum atomic E-state index is 11.5. The number of ether oxygens (including phenoxy) is 5. The van der Waals surface area contributed by atoms with Crippen molar-refractivity contribution in [1.82, 2.24) is 0 Å². The number of fused-ring (bicyclic) bond motifs is 2. The lowest BCUT2D eigenvalue weighted by molar-refractivity contribution is -0.150. The third kappa shape index (κ3) is 21.0. The predicted octanol–water partition coefficient (Wildman–Crippen LogP) is 10.7. The highest BCUT2D eigenvalue weighted by Gasteiger charge is 2.62. The fourth-order valence-corrected chi connectivity index (χ4v) is 7.08. The summed E-state index contributed by atoms with van der Waals surface area (Å²) in [5, 5.41) is 0. The van der Waals surface area contributed by atoms with Crippen molar-refractivity contribution >= 4 is 17.9 Å². The van der Waals surface area contributed by atoms with Gasteiger partial charge < -0.3 is 23.7 Å². The van der Waals surface area contributed by atoms with Crippen LogP contribution in [0.1, 0.15) is 157 Å². The molecule has 0 heterocycles. The molecule has 0 aromatic carbocycles. The zero-order chi connectivity index (χ0) is 38.4. The molecule has 0 saturated heterocycles. The van der Waals surface area contributed by atoms with E-state index in [1.807, 2.05) is 6.92 Å². The molecule has 0 amide bonds. The highest BCUT2D eigenvalue weighted by atomic mass is 16.6. The summed E-state index contributed by atoms with van der Waals surface area (Å²) in [5.74, 6) is -0.243. The van der Waals surface area contributed by atoms with E-state index < -0.39 is 5.97 Å². The standard InChI is InChI=1S/C21H40O2.C13H20O2.C9H16O4/c1-4-7-9-11-13-15-17-19-20(23-21(22)6-3)18-16-14-12-10-8-5-2;1-5-11(14)15-10-8-9-6-7-13(10,4)12(9,2)3;1-3-9(10)13-8-7-12-6-5-11-4-2/h6,20H,3-5,7-19H2,1-2H3;5,9-10H,1,6-8H2,2-4H3;3H,1,4-8H2,2H3. The van der Waals surface area contributed by atoms with Gasteiger partial charge in [-0.2, -0.15) is 0 Å². The Bertz CT molecular complexity index is 960. The second-order valence-corrected chi connectivity index (χ2v) is 14.7. The lowest BCUT2D eigenvalue weighted by Crippen LogP contribution is -2.38. The van der Waals surface area contributed by atoms with Gasteiger partial charge in [0.1, 0.15) is 18.8 Å². The second-order valence-electron chi connectivity index (χ2n) is 14.7. The van der Waals surface area contributed by atoms with Crippen LogP contribution in [-0.2, 0) is 38.1 Å². The molecule has 0 aromatic heterocycles. The Labute approximate surface area is 312 Å². The van der Waals surface area contributed by atoms with E-state index in [4.69, 9.17) is 18.9 Å². The maximum Gasteiger partial charge on any atom is 0.330 e. The van der Waals surface area contributed by atoms with Crippen LogP contribution in [0.15, 0.2) is 38.0 Å². The SMILES string of the molecule is C=CC(=O)OC(CCCCCCCC)CCCCCCCCC.C=CC(=O)OC1CC2CCC1(C)C2(C)C.C=CC(=O)OCCOCCOCC. The molecule has 8 nitrogen and oxygen atoms in total. The van der Waals surface area contributed by atoms with Crippen molar-refractivity contribution in [3.63, 3.8) is 0 Å². The molecule has 2 aliphatic rings. The number of esters is 3. The first kappa shape index (κ1) is 48.5. The molecule has 296 valence electrons. The van der Waals surface area contributed by atoms with Gasteiger partial charge in [-0.15, -0.1) is 0 Å². The summed E-state index contributed by atoms with van der Waals surface area (Å²) in [5.41, 5.74) is 0.468. The zero-order valence-corrected chi connectivity index (χ0v) is 33.6. The van der Waals surface area contributed by atoms with Crippen LogP contribution in [0, 0.1) is 16.7 Å². The normalized spacial score (nSPS) is 20.1. The van der Waals surface area contributed by atoms with Gasteiger partial charge in [-0.25, -0.2) is 14.4 Å². The average Bonchev–Trinajstić information content (AvgIpc) is 3.46. The van der Waals surface area contributed by atoms with Crippen LogP contribution in [0.2, 0.25) is 0 Å². The molecule has 2 bridgehead atoms. The largest absolute Gasteiger partial charge is 0.460 e. The molecule has 8 heteroatoms. The molecule has 51 heavy (non-hydrogen) atoms. The van der Waals surface area contributed by atoms with Crippen molar-refractivity contribution in [2.75, 3.05) is 33.0 Å². The van der Waals surface area contributed by atoms with Gasteiger partial charge in [0.25, 0.3) is 0 Å². The predicted molar refractivity (Wildman–Crippen MR) is 208 cm³/mol. The molecule has 0 aliphatic heterocycles. The molecular weight excluding hydrogens is 644 g/mol. The van der Waals surface area contributed by atoms with Gasteiger partial charge in [0, 0.05) is 30.2 Å². The Balaban J connectivity index is 0.000000773. The lowest BCUT2D eigenvalue weighted by atomic mass is 9.70. The highest BCUT2D eigenvalue weighted by Crippen LogP contribution is 2.66. The van der Waals surface area contributed by atoms with Gasteiger partial charge in [0.2, 0.25) is 0 Å². The quantitative estimate of drug-likeness (QED) is 0.0358. The van der Waals surface area contributed by atoms with Crippen LogP contribution < -0.4 is 0 Å². The maximum absolute atomic E-state index is 11.5. The molecule has 4 atom stereocenters. The molecule has 2 fully saturated rings. The van der Waals surface area contributed by atoms with E-state index in [1.54, 1.807) is 0 Å². The first-order valence-corrected chi connectivity index (χ1v) is 20.1. The minimum absolute atomic E-state index is 0.0942. The Hall–Kier alpha value is -2.45. The number of unbranched alkanes of at least 4 members (excludes halogenated alkanes) is 11. The third-order valence-corrected chi connectivity index (χ3v) is 10.8. The highest BCUT2D eigenvalue weighted by molar-refractivity contribution is 5.82. The molecule has 0 aromatic rings. The van der Waals surface area contributed by atoms with Crippen molar-refractivity contribution in [2.24, 2.45) is 16.7 Å². The third-order valence-electron chi connectivity index (χ3n) is 10.8. The van der Waals surface area contributed by atoms with Crippen LogP contribution in [0.25, 0.3) is 0 Å². The summed E-state index contributed by atoms with van der Waals surface area (Å²) in [6, 6.07) is 0. The summed E-state index contributed by atoms with van der Waals surface area (Å²) in [6.45, 7) is 26.0. The number of carbonyl (C=O) groups excluding carboxylic acids is 3. The van der Waals surface area contributed by atoms with E-state index in [0.717, 1.165) is 25.3 Å². The van der Waals surface area contributed by atoms with E-state index in [2.05, 4.69) is 59.1 Å². The van der Waals surface area contributed by atoms with Gasteiger partial charge in [0.15, 0.2) is 0 Å². The lowest BCUT2D eigenvalue weighted by Gasteiger charge is -2.38. The Morgan fingerprint density at radius 3 is 1.61 bits per heavy atom. The van der Waals surface area contributed by atoms with E-state index in [9.17, 15) is 14.4 Å². The summed E-state index contributed by atoms with van der Waals surface area (Å²) in [4.78, 5) is 33.2. The Morgan fingerprint density at radius 2 is 1.16 bits per heavy atom. The van der Waals surface area contributed by atoms with E-state index in [0.29, 0.717) is 37.8 Å². The van der Waals surface area contributed by atoms with Crippen molar-refractivity contribution in [3.05, 3.63) is 38.0 Å². The van der Waals surface area contributed by atoms with Crippen molar-refractivity contribution in [1.29, 1.82) is 0 Å². The van der Waals surface area contributed by atoms with E-state index in [-0.39, 0.29) is 36.2 Å². The molecular formula is C43H76O8. The molecule has 2 aliphatic carbocycles. The van der Waals surface area contributed by atoms with Crippen LogP contribution in [0.3, 0.4) is 0 Å². The minimum atomic E-state index is -0.423. The molecule has 2 saturated carbocycles. The number of carbonyl (C=O) groups is 3. The summed E-state index contributed by atoms with van der Waals surface area (Å²) in [7, 11) is 0. The first-order valence-electron chi connectivity index (χ1n) is 20.1. The summed E-state index contributed by atoms with van der Waals surface area (Å²) < 4.78 is 25.8. The van der Waals surface area contributed by atoms with E-state index >= 15 is 0 Å². The Kier molecular flexibility index (Phi) is 28.6. The van der Waals surface area contributed by atoms with Gasteiger partial charge in [-0.3, -0.25) is 0 Å². The van der Waals surface area contributed by atoms with Crippen LogP contribution in [0.4, 0.5) is 0 Å². The van der Waals surface area contributed by atoms with Crippen LogP contribution in [0.5, 0.6) is 0 Å². The van der Waals surface area contributed by atoms with Crippen LogP contribution >= 0.6 is 0 Å². The second kappa shape index (κ2) is 30.1. The van der Waals surface area contributed by atoms with Gasteiger partial charge in [0.05, 0.1) is 19.8 Å². The number of rotatable bonds is 27. The zero-order valence-electron chi connectivity index (χ0n) is 33.6. The molecule has 0 N–H and O–H groups in total. The topological polar surface area (TPSA) is 97.4 Å². The monoisotopic (exact) mass is 721 g/mol. The minimum Gasteiger partial charge on any atom is -0.460 e. The van der Waals surface area contributed by atoms with Crippen molar-refractivity contribution < 1.29 is 38.1 Å². The van der Waals surface area contributed by atoms with Crippen molar-refractivity contribution in [2.45, 2.75) is 169 Å². The number of hydrogen-bond donors (Lipinski definition) is 0. The summed E-state index contributed by atoms with van der Waals surface area (Å²) in [6.07, 6.45) is 26.3. The fraction of sp³-hybridized carbons (Fsp3) is 0.791. The smallest absolute Gasteiger partial charge is 0.330 e. The fourth-order valence-electron chi connectivity index (χ4n) is 7.08. The Morgan fingerprint density at radius 1 is 0.667 bits per heavy atom. The van der Waals surface area contributed by atoms with Crippen LogP contribution in [-0.4, -0.2) is 63.2 Å². The van der Waals surface area contributed by atoms with Gasteiger partial charge in [-0.05, 0) is 63.2 Å². The molecule has 0 radical (unpaired) electrons. The van der Waals surface area contributed by atoms with Crippen molar-refractivity contribution in [3.8, 4) is 0 Å². The van der Waals surface area contributed by atoms with Gasteiger partial charge >= 0.3 is 17.9 Å². The molecule has 4 unspecified atom stereocenters. The summed E-state index contributed by atoms with van der Waals surface area (Å²) >= 11 is 0. The molecule has 2 rings (SSSR count). The van der Waals surface area contributed by atoms with Gasteiger partial charge in [-0.1, -0.05) is 125 Å².